The van der Waals surface area contributed by atoms with Crippen LogP contribution >= 0.6 is 11.6 Å². The molecule has 0 aliphatic rings. The van der Waals surface area contributed by atoms with Crippen LogP contribution < -0.4 is 10.1 Å². The maximum atomic E-state index is 6.15. The van der Waals surface area contributed by atoms with Gasteiger partial charge in [0.15, 0.2) is 0 Å². The van der Waals surface area contributed by atoms with E-state index in [-0.39, 0.29) is 0 Å². The first-order valence-electron chi connectivity index (χ1n) is 5.75. The quantitative estimate of drug-likeness (QED) is 0.773. The van der Waals surface area contributed by atoms with E-state index in [1.165, 1.54) is 11.1 Å². The molecule has 0 fully saturated rings. The van der Waals surface area contributed by atoms with Gasteiger partial charge in [-0.2, -0.15) is 0 Å². The highest BCUT2D eigenvalue weighted by Gasteiger charge is 2.06. The largest absolute Gasteiger partial charge is 0.492 e. The van der Waals surface area contributed by atoms with E-state index in [1.54, 1.807) is 0 Å². The van der Waals surface area contributed by atoms with Crippen LogP contribution in [0, 0.1) is 6.92 Å². The third kappa shape index (κ3) is 3.69. The summed E-state index contributed by atoms with van der Waals surface area (Å²) in [5.74, 6) is 0.791. The molecule has 1 N–H and O–H groups in total. The van der Waals surface area contributed by atoms with Crippen molar-refractivity contribution in [3.63, 3.8) is 0 Å². The summed E-state index contributed by atoms with van der Waals surface area (Å²) in [5, 5.41) is 3.86. The second-order valence-corrected chi connectivity index (χ2v) is 4.26. The maximum Gasteiger partial charge on any atom is 0.138 e. The first-order valence-corrected chi connectivity index (χ1v) is 6.13. The van der Waals surface area contributed by atoms with Gasteiger partial charge in [-0.15, -0.1) is 0 Å². The molecule has 0 saturated carbocycles. The first kappa shape index (κ1) is 13.3. The second-order valence-electron chi connectivity index (χ2n) is 3.85. The average Bonchev–Trinajstić information content (AvgIpc) is 2.25. The van der Waals surface area contributed by atoms with Crippen LogP contribution in [0.15, 0.2) is 12.1 Å². The SMILES string of the molecule is CCOc1cc(C)c(CCCNC)cc1Cl. The average molecular weight is 242 g/mol. The smallest absolute Gasteiger partial charge is 0.138 e. The molecule has 0 atom stereocenters. The Kier molecular flexibility index (Phi) is 5.64. The molecule has 16 heavy (non-hydrogen) atoms. The number of halogens is 1. The molecule has 1 rings (SSSR count). The molecule has 0 spiro atoms. The summed E-state index contributed by atoms with van der Waals surface area (Å²) in [4.78, 5) is 0. The van der Waals surface area contributed by atoms with Crippen LogP contribution in [0.2, 0.25) is 5.02 Å². The minimum Gasteiger partial charge on any atom is -0.492 e. The Morgan fingerprint density at radius 1 is 1.38 bits per heavy atom. The molecule has 0 bridgehead atoms. The second kappa shape index (κ2) is 6.77. The third-order valence-electron chi connectivity index (χ3n) is 2.56. The normalized spacial score (nSPS) is 10.5. The highest BCUT2D eigenvalue weighted by molar-refractivity contribution is 6.32. The molecule has 0 amide bonds. The molecular weight excluding hydrogens is 222 g/mol. The van der Waals surface area contributed by atoms with Crippen molar-refractivity contribution in [2.75, 3.05) is 20.2 Å². The van der Waals surface area contributed by atoms with E-state index in [2.05, 4.69) is 12.2 Å². The van der Waals surface area contributed by atoms with Crippen LogP contribution in [0.25, 0.3) is 0 Å². The zero-order chi connectivity index (χ0) is 12.0. The maximum absolute atomic E-state index is 6.15. The molecule has 0 unspecified atom stereocenters. The number of hydrogen-bond donors (Lipinski definition) is 1. The fraction of sp³-hybridized carbons (Fsp3) is 0.538. The molecule has 0 heterocycles. The summed E-state index contributed by atoms with van der Waals surface area (Å²) in [5.41, 5.74) is 2.56. The fourth-order valence-electron chi connectivity index (χ4n) is 1.69. The minimum absolute atomic E-state index is 0.651. The van der Waals surface area contributed by atoms with Gasteiger partial charge in [0.05, 0.1) is 11.6 Å². The van der Waals surface area contributed by atoms with Gasteiger partial charge in [-0.1, -0.05) is 11.6 Å². The highest BCUT2D eigenvalue weighted by Crippen LogP contribution is 2.28. The van der Waals surface area contributed by atoms with E-state index in [0.29, 0.717) is 11.6 Å². The Hall–Kier alpha value is -0.730. The summed E-state index contributed by atoms with van der Waals surface area (Å²) in [6.07, 6.45) is 2.18. The summed E-state index contributed by atoms with van der Waals surface area (Å²) in [7, 11) is 1.97. The lowest BCUT2D eigenvalue weighted by molar-refractivity contribution is 0.340. The van der Waals surface area contributed by atoms with Crippen LogP contribution in [0.3, 0.4) is 0 Å². The molecule has 0 aliphatic carbocycles. The van der Waals surface area contributed by atoms with E-state index >= 15 is 0 Å². The van der Waals surface area contributed by atoms with Gasteiger partial charge in [-0.25, -0.2) is 0 Å². The molecule has 1 aromatic carbocycles. The van der Waals surface area contributed by atoms with Gasteiger partial charge in [-0.3, -0.25) is 0 Å². The molecule has 0 aromatic heterocycles. The zero-order valence-electron chi connectivity index (χ0n) is 10.3. The van der Waals surface area contributed by atoms with Crippen molar-refractivity contribution in [2.45, 2.75) is 26.7 Å². The number of nitrogens with one attached hydrogen (secondary N) is 1. The van der Waals surface area contributed by atoms with Crippen LogP contribution in [-0.4, -0.2) is 20.2 Å². The fourth-order valence-corrected chi connectivity index (χ4v) is 1.93. The lowest BCUT2D eigenvalue weighted by atomic mass is 10.0. The van der Waals surface area contributed by atoms with Gasteiger partial charge in [0, 0.05) is 0 Å². The summed E-state index contributed by atoms with van der Waals surface area (Å²) in [6.45, 7) is 5.75. The topological polar surface area (TPSA) is 21.3 Å². The molecule has 0 radical (unpaired) electrons. The van der Waals surface area contributed by atoms with E-state index in [4.69, 9.17) is 16.3 Å². The van der Waals surface area contributed by atoms with Crippen molar-refractivity contribution in [1.82, 2.24) is 5.32 Å². The molecule has 2 nitrogen and oxygen atoms in total. The third-order valence-corrected chi connectivity index (χ3v) is 2.86. The number of aryl methyl sites for hydroxylation is 2. The Labute approximate surface area is 103 Å². The number of rotatable bonds is 6. The van der Waals surface area contributed by atoms with Crippen molar-refractivity contribution in [3.05, 3.63) is 28.3 Å². The van der Waals surface area contributed by atoms with Crippen molar-refractivity contribution in [3.8, 4) is 5.75 Å². The van der Waals surface area contributed by atoms with Crippen molar-refractivity contribution >= 4 is 11.6 Å². The monoisotopic (exact) mass is 241 g/mol. The first-order chi connectivity index (χ1) is 7.69. The predicted octanol–water partition coefficient (Wildman–Crippen LogP) is 3.20. The van der Waals surface area contributed by atoms with Crippen LogP contribution in [-0.2, 0) is 6.42 Å². The molecule has 90 valence electrons. The Balaban J connectivity index is 2.75. The van der Waals surface area contributed by atoms with Gasteiger partial charge < -0.3 is 10.1 Å². The van der Waals surface area contributed by atoms with Gasteiger partial charge in [0.2, 0.25) is 0 Å². The molecular formula is C13H20ClNO. The molecule has 0 saturated heterocycles. The summed E-state index contributed by atoms with van der Waals surface area (Å²) in [6, 6.07) is 4.05. The molecule has 3 heteroatoms. The molecule has 0 aliphatic heterocycles. The van der Waals surface area contributed by atoms with Crippen LogP contribution in [0.1, 0.15) is 24.5 Å². The van der Waals surface area contributed by atoms with Crippen LogP contribution in [0.5, 0.6) is 5.75 Å². The van der Waals surface area contributed by atoms with Crippen LogP contribution in [0.4, 0.5) is 0 Å². The van der Waals surface area contributed by atoms with E-state index < -0.39 is 0 Å². The van der Waals surface area contributed by atoms with Crippen molar-refractivity contribution in [2.24, 2.45) is 0 Å². The Morgan fingerprint density at radius 3 is 2.75 bits per heavy atom. The number of benzene rings is 1. The minimum atomic E-state index is 0.651. The number of hydrogen-bond acceptors (Lipinski definition) is 2. The predicted molar refractivity (Wildman–Crippen MR) is 69.6 cm³/mol. The lowest BCUT2D eigenvalue weighted by Crippen LogP contribution is -2.08. The van der Waals surface area contributed by atoms with E-state index in [9.17, 15) is 0 Å². The van der Waals surface area contributed by atoms with Gasteiger partial charge in [0.25, 0.3) is 0 Å². The Bertz CT molecular complexity index is 339. The number of ether oxygens (including phenoxy) is 1. The van der Waals surface area contributed by atoms with E-state index in [1.807, 2.05) is 26.1 Å². The van der Waals surface area contributed by atoms with Gasteiger partial charge >= 0.3 is 0 Å². The van der Waals surface area contributed by atoms with Gasteiger partial charge in [-0.05, 0) is 63.5 Å². The van der Waals surface area contributed by atoms with Gasteiger partial charge in [0.1, 0.15) is 5.75 Å². The zero-order valence-corrected chi connectivity index (χ0v) is 11.0. The van der Waals surface area contributed by atoms with Crippen molar-refractivity contribution < 1.29 is 4.74 Å². The van der Waals surface area contributed by atoms with E-state index in [0.717, 1.165) is 25.1 Å². The summed E-state index contributed by atoms with van der Waals surface area (Å²) < 4.78 is 5.45. The lowest BCUT2D eigenvalue weighted by Gasteiger charge is -2.11. The Morgan fingerprint density at radius 2 is 2.12 bits per heavy atom. The van der Waals surface area contributed by atoms with Crippen molar-refractivity contribution in [1.29, 1.82) is 0 Å². The standard InChI is InChI=1S/C13H20ClNO/c1-4-16-13-8-10(2)11(9-12(13)14)6-5-7-15-3/h8-9,15H,4-7H2,1-3H3. The summed E-state index contributed by atoms with van der Waals surface area (Å²) >= 11 is 6.15. The highest BCUT2D eigenvalue weighted by atomic mass is 35.5. The molecule has 1 aromatic rings.